The van der Waals surface area contributed by atoms with Crippen LogP contribution in [0.25, 0.3) is 0 Å². The Morgan fingerprint density at radius 1 is 1.12 bits per heavy atom. The fourth-order valence-corrected chi connectivity index (χ4v) is 2.59. The molecule has 8 heteroatoms. The second-order valence-corrected chi connectivity index (χ2v) is 5.82. The van der Waals surface area contributed by atoms with Crippen LogP contribution in [-0.4, -0.2) is 61.0 Å². The predicted molar refractivity (Wildman–Crippen MR) is 89.9 cm³/mol. The van der Waals surface area contributed by atoms with E-state index in [2.05, 4.69) is 10.1 Å². The number of nitrogens with zero attached hydrogens (tertiary/aromatic N) is 2. The number of anilines is 1. The van der Waals surface area contributed by atoms with E-state index in [1.807, 2.05) is 0 Å². The molecule has 0 aliphatic carbocycles. The molecule has 0 spiro atoms. The molecule has 1 aromatic carbocycles. The van der Waals surface area contributed by atoms with E-state index in [0.29, 0.717) is 36.9 Å². The van der Waals surface area contributed by atoms with Gasteiger partial charge >= 0.3 is 12.0 Å². The molecule has 1 saturated heterocycles. The molecule has 1 aromatic rings. The minimum atomic E-state index is -0.400. The van der Waals surface area contributed by atoms with Gasteiger partial charge < -0.3 is 19.9 Å². The van der Waals surface area contributed by atoms with Crippen molar-refractivity contribution in [1.82, 2.24) is 9.80 Å². The van der Waals surface area contributed by atoms with Crippen molar-refractivity contribution in [2.75, 3.05) is 38.6 Å². The summed E-state index contributed by atoms with van der Waals surface area (Å²) in [6.45, 7) is 1.78. The number of esters is 1. The summed E-state index contributed by atoms with van der Waals surface area (Å²) in [4.78, 5) is 38.6. The van der Waals surface area contributed by atoms with Crippen molar-refractivity contribution in [3.63, 3.8) is 0 Å². The van der Waals surface area contributed by atoms with Gasteiger partial charge in [-0.05, 0) is 18.2 Å². The second kappa shape index (κ2) is 8.54. The smallest absolute Gasteiger partial charge is 0.321 e. The molecule has 0 atom stereocenters. The van der Waals surface area contributed by atoms with Crippen LogP contribution < -0.4 is 5.32 Å². The van der Waals surface area contributed by atoms with E-state index in [1.165, 1.54) is 7.11 Å². The topological polar surface area (TPSA) is 79.0 Å². The molecule has 1 fully saturated rings. The van der Waals surface area contributed by atoms with Gasteiger partial charge in [-0.15, -0.1) is 0 Å². The van der Waals surface area contributed by atoms with Crippen molar-refractivity contribution >= 4 is 35.2 Å². The van der Waals surface area contributed by atoms with Gasteiger partial charge in [0.15, 0.2) is 0 Å². The van der Waals surface area contributed by atoms with E-state index in [4.69, 9.17) is 11.6 Å². The molecule has 0 saturated carbocycles. The summed E-state index contributed by atoms with van der Waals surface area (Å²) in [6.07, 6.45) is 0.201. The molecular formula is C16H20ClN3O4. The monoisotopic (exact) mass is 353 g/mol. The van der Waals surface area contributed by atoms with Gasteiger partial charge in [-0.1, -0.05) is 17.7 Å². The quantitative estimate of drug-likeness (QED) is 0.839. The maximum atomic E-state index is 12.2. The molecule has 7 nitrogen and oxygen atoms in total. The third-order valence-corrected chi connectivity index (χ3v) is 4.00. The molecule has 1 N–H and O–H groups in total. The number of carbonyl (C=O) groups is 3. The highest BCUT2D eigenvalue weighted by atomic mass is 35.5. The zero-order chi connectivity index (χ0) is 17.5. The Hall–Kier alpha value is -2.28. The minimum Gasteiger partial charge on any atom is -0.469 e. The van der Waals surface area contributed by atoms with Crippen LogP contribution in [0.1, 0.15) is 12.8 Å². The molecule has 2 rings (SSSR count). The Labute approximate surface area is 145 Å². The number of amides is 3. The average molecular weight is 354 g/mol. The number of halogens is 1. The molecule has 0 unspecified atom stereocenters. The Morgan fingerprint density at radius 2 is 1.79 bits per heavy atom. The molecule has 1 heterocycles. The second-order valence-electron chi connectivity index (χ2n) is 5.38. The molecule has 0 aromatic heterocycles. The van der Waals surface area contributed by atoms with Gasteiger partial charge in [-0.25, -0.2) is 4.79 Å². The first kappa shape index (κ1) is 18.1. The number of benzene rings is 1. The highest BCUT2D eigenvalue weighted by molar-refractivity contribution is 6.30. The Balaban J connectivity index is 1.78. The Kier molecular flexibility index (Phi) is 6.43. The highest BCUT2D eigenvalue weighted by Gasteiger charge is 2.24. The zero-order valence-electron chi connectivity index (χ0n) is 13.5. The summed E-state index contributed by atoms with van der Waals surface area (Å²) in [7, 11) is 1.30. The molecule has 130 valence electrons. The molecule has 0 bridgehead atoms. The number of ether oxygens (including phenoxy) is 1. The van der Waals surface area contributed by atoms with Gasteiger partial charge in [-0.2, -0.15) is 0 Å². The van der Waals surface area contributed by atoms with Crippen molar-refractivity contribution in [2.45, 2.75) is 12.8 Å². The number of methoxy groups -OCH3 is 1. The number of piperazine rings is 1. The maximum absolute atomic E-state index is 12.2. The van der Waals surface area contributed by atoms with Crippen LogP contribution in [0, 0.1) is 0 Å². The summed E-state index contributed by atoms with van der Waals surface area (Å²) in [5.41, 5.74) is 0.629. The van der Waals surface area contributed by atoms with E-state index >= 15 is 0 Å². The van der Waals surface area contributed by atoms with Crippen molar-refractivity contribution < 1.29 is 19.1 Å². The van der Waals surface area contributed by atoms with Crippen LogP contribution in [-0.2, 0) is 14.3 Å². The SMILES string of the molecule is COC(=O)CCC(=O)N1CCN(C(=O)Nc2cccc(Cl)c2)CC1. The minimum absolute atomic E-state index is 0.0742. The summed E-state index contributed by atoms with van der Waals surface area (Å²) in [5, 5.41) is 3.33. The van der Waals surface area contributed by atoms with Crippen molar-refractivity contribution in [2.24, 2.45) is 0 Å². The standard InChI is InChI=1S/C16H20ClN3O4/c1-24-15(22)6-5-14(21)19-7-9-20(10-8-19)16(23)18-13-4-2-3-12(17)11-13/h2-4,11H,5-10H2,1H3,(H,18,23). The van der Waals surface area contributed by atoms with E-state index in [9.17, 15) is 14.4 Å². The van der Waals surface area contributed by atoms with Crippen molar-refractivity contribution in [3.8, 4) is 0 Å². The molecular weight excluding hydrogens is 334 g/mol. The van der Waals surface area contributed by atoms with Crippen molar-refractivity contribution in [3.05, 3.63) is 29.3 Å². The fraction of sp³-hybridized carbons (Fsp3) is 0.438. The summed E-state index contributed by atoms with van der Waals surface area (Å²) in [5.74, 6) is -0.502. The first-order valence-electron chi connectivity index (χ1n) is 7.65. The van der Waals surface area contributed by atoms with Crippen LogP contribution in [0.2, 0.25) is 5.02 Å². The van der Waals surface area contributed by atoms with Gasteiger partial charge in [-0.3, -0.25) is 9.59 Å². The number of rotatable bonds is 4. The third-order valence-electron chi connectivity index (χ3n) is 3.77. The Morgan fingerprint density at radius 3 is 2.42 bits per heavy atom. The van der Waals surface area contributed by atoms with Crippen molar-refractivity contribution in [1.29, 1.82) is 0 Å². The van der Waals surface area contributed by atoms with Gasteiger partial charge in [0.25, 0.3) is 0 Å². The van der Waals surface area contributed by atoms with Gasteiger partial charge in [0.05, 0.1) is 13.5 Å². The largest absolute Gasteiger partial charge is 0.469 e. The summed E-state index contributed by atoms with van der Waals surface area (Å²) >= 11 is 5.89. The highest BCUT2D eigenvalue weighted by Crippen LogP contribution is 2.16. The lowest BCUT2D eigenvalue weighted by Gasteiger charge is -2.34. The van der Waals surface area contributed by atoms with E-state index in [-0.39, 0.29) is 24.8 Å². The molecule has 1 aliphatic heterocycles. The molecule has 24 heavy (non-hydrogen) atoms. The fourth-order valence-electron chi connectivity index (χ4n) is 2.40. The third kappa shape index (κ3) is 5.13. The molecule has 0 radical (unpaired) electrons. The maximum Gasteiger partial charge on any atom is 0.321 e. The lowest BCUT2D eigenvalue weighted by Crippen LogP contribution is -2.51. The van der Waals surface area contributed by atoms with Crippen LogP contribution >= 0.6 is 11.6 Å². The van der Waals surface area contributed by atoms with Gasteiger partial charge in [0.1, 0.15) is 0 Å². The molecule has 3 amide bonds. The Bertz CT molecular complexity index is 615. The predicted octanol–water partition coefficient (Wildman–Crippen LogP) is 1.97. The van der Waals surface area contributed by atoms with E-state index < -0.39 is 5.97 Å². The summed E-state index contributed by atoms with van der Waals surface area (Å²) < 4.78 is 4.52. The van der Waals surface area contributed by atoms with E-state index in [1.54, 1.807) is 34.1 Å². The first-order valence-corrected chi connectivity index (χ1v) is 8.03. The number of urea groups is 1. The lowest BCUT2D eigenvalue weighted by atomic mass is 10.2. The van der Waals surface area contributed by atoms with Crippen LogP contribution in [0.3, 0.4) is 0 Å². The van der Waals surface area contributed by atoms with Gasteiger partial charge in [0, 0.05) is 43.3 Å². The van der Waals surface area contributed by atoms with Gasteiger partial charge in [0.2, 0.25) is 5.91 Å². The van der Waals surface area contributed by atoms with Crippen LogP contribution in [0.15, 0.2) is 24.3 Å². The first-order chi connectivity index (χ1) is 11.5. The van der Waals surface area contributed by atoms with Crippen LogP contribution in [0.5, 0.6) is 0 Å². The number of nitrogens with one attached hydrogen (secondary N) is 1. The van der Waals surface area contributed by atoms with Crippen LogP contribution in [0.4, 0.5) is 10.5 Å². The number of hydrogen-bond acceptors (Lipinski definition) is 4. The number of carbonyl (C=O) groups excluding carboxylic acids is 3. The summed E-state index contributed by atoms with van der Waals surface area (Å²) in [6, 6.07) is 6.70. The lowest BCUT2D eigenvalue weighted by molar-refractivity contribution is -0.143. The zero-order valence-corrected chi connectivity index (χ0v) is 14.2. The number of hydrogen-bond donors (Lipinski definition) is 1. The average Bonchev–Trinajstić information content (AvgIpc) is 2.59. The molecule has 1 aliphatic rings. The normalized spacial score (nSPS) is 14.2. The van der Waals surface area contributed by atoms with E-state index in [0.717, 1.165) is 0 Å².